The van der Waals surface area contributed by atoms with Crippen molar-refractivity contribution in [2.24, 2.45) is 0 Å². The van der Waals surface area contributed by atoms with Crippen molar-refractivity contribution in [1.82, 2.24) is 4.90 Å². The maximum Gasteiger partial charge on any atom is 0.294 e. The van der Waals surface area contributed by atoms with E-state index in [2.05, 4.69) is 0 Å². The molecule has 19 heavy (non-hydrogen) atoms. The molecular formula is C13H14N2O4. The van der Waals surface area contributed by atoms with E-state index in [1.165, 1.54) is 23.1 Å². The Bertz CT molecular complexity index is 521. The van der Waals surface area contributed by atoms with Crippen LogP contribution in [-0.4, -0.2) is 34.6 Å². The van der Waals surface area contributed by atoms with Gasteiger partial charge in [-0.25, -0.2) is 0 Å². The lowest BCUT2D eigenvalue weighted by Crippen LogP contribution is -2.40. The van der Waals surface area contributed by atoms with Gasteiger partial charge in [-0.2, -0.15) is 0 Å². The van der Waals surface area contributed by atoms with Crippen LogP contribution in [0.2, 0.25) is 0 Å². The number of Topliss-reactive ketones (excluding diaryl/α,β-unsaturated/α-hetero) is 1. The van der Waals surface area contributed by atoms with E-state index in [-0.39, 0.29) is 11.3 Å². The van der Waals surface area contributed by atoms with Crippen LogP contribution in [0.15, 0.2) is 24.3 Å². The fraction of sp³-hybridized carbons (Fsp3) is 0.385. The fourth-order valence-corrected chi connectivity index (χ4v) is 2.12. The molecule has 0 bridgehead atoms. The van der Waals surface area contributed by atoms with Crippen molar-refractivity contribution in [3.8, 4) is 0 Å². The van der Waals surface area contributed by atoms with E-state index in [1.807, 2.05) is 0 Å². The van der Waals surface area contributed by atoms with Crippen LogP contribution in [-0.2, 0) is 4.79 Å². The van der Waals surface area contributed by atoms with E-state index in [9.17, 15) is 19.7 Å². The number of benzene rings is 1. The van der Waals surface area contributed by atoms with E-state index in [0.717, 1.165) is 25.3 Å². The summed E-state index contributed by atoms with van der Waals surface area (Å²) in [5.41, 5.74) is -0.109. The van der Waals surface area contributed by atoms with Gasteiger partial charge in [-0.05, 0) is 19.3 Å². The van der Waals surface area contributed by atoms with Crippen LogP contribution < -0.4 is 0 Å². The average molecular weight is 262 g/mol. The van der Waals surface area contributed by atoms with Crippen molar-refractivity contribution in [3.63, 3.8) is 0 Å². The Kier molecular flexibility index (Phi) is 3.89. The lowest BCUT2D eigenvalue weighted by molar-refractivity contribution is -0.384. The Morgan fingerprint density at radius 1 is 1.16 bits per heavy atom. The van der Waals surface area contributed by atoms with E-state index in [1.54, 1.807) is 0 Å². The largest absolute Gasteiger partial charge is 0.336 e. The Morgan fingerprint density at radius 3 is 2.47 bits per heavy atom. The van der Waals surface area contributed by atoms with Gasteiger partial charge in [0.05, 0.1) is 4.92 Å². The molecule has 0 unspecified atom stereocenters. The maximum absolute atomic E-state index is 12.0. The zero-order valence-corrected chi connectivity index (χ0v) is 10.4. The molecule has 0 aliphatic carbocycles. The number of carbonyl (C=O) groups excluding carboxylic acids is 2. The van der Waals surface area contributed by atoms with Gasteiger partial charge in [-0.3, -0.25) is 19.7 Å². The second kappa shape index (κ2) is 5.60. The van der Waals surface area contributed by atoms with Gasteiger partial charge in [0.2, 0.25) is 0 Å². The normalized spacial score (nSPS) is 15.1. The number of likely N-dealkylation sites (tertiary alicyclic amines) is 1. The summed E-state index contributed by atoms with van der Waals surface area (Å²) in [5, 5.41) is 10.6. The molecule has 0 atom stereocenters. The summed E-state index contributed by atoms with van der Waals surface area (Å²) in [6, 6.07) is 5.28. The molecule has 6 heteroatoms. The Hall–Kier alpha value is -2.24. The number of nitro groups is 1. The van der Waals surface area contributed by atoms with Gasteiger partial charge in [-0.1, -0.05) is 12.1 Å². The first-order valence-corrected chi connectivity index (χ1v) is 6.17. The molecule has 0 saturated carbocycles. The number of carbonyl (C=O) groups is 2. The van der Waals surface area contributed by atoms with E-state index in [4.69, 9.17) is 0 Å². The predicted molar refractivity (Wildman–Crippen MR) is 67.9 cm³/mol. The van der Waals surface area contributed by atoms with Crippen molar-refractivity contribution in [3.05, 3.63) is 39.9 Å². The van der Waals surface area contributed by atoms with Crippen LogP contribution >= 0.6 is 0 Å². The molecule has 100 valence electrons. The fourth-order valence-electron chi connectivity index (χ4n) is 2.12. The van der Waals surface area contributed by atoms with Crippen LogP contribution in [0.25, 0.3) is 0 Å². The molecule has 1 fully saturated rings. The summed E-state index contributed by atoms with van der Waals surface area (Å²) in [4.78, 5) is 35.6. The summed E-state index contributed by atoms with van der Waals surface area (Å²) in [7, 11) is 0. The zero-order valence-electron chi connectivity index (χ0n) is 10.4. The van der Waals surface area contributed by atoms with E-state index in [0.29, 0.717) is 13.1 Å². The molecule has 0 N–H and O–H groups in total. The molecule has 0 aromatic heterocycles. The molecule has 6 nitrogen and oxygen atoms in total. The van der Waals surface area contributed by atoms with Gasteiger partial charge in [0.15, 0.2) is 0 Å². The summed E-state index contributed by atoms with van der Waals surface area (Å²) in [5.74, 6) is -1.24. The van der Waals surface area contributed by atoms with Crippen LogP contribution in [0.4, 0.5) is 5.69 Å². The first-order chi connectivity index (χ1) is 9.09. The third kappa shape index (κ3) is 2.96. The summed E-state index contributed by atoms with van der Waals surface area (Å²) in [6.07, 6.45) is 2.86. The van der Waals surface area contributed by atoms with E-state index >= 15 is 0 Å². The topological polar surface area (TPSA) is 80.5 Å². The second-order valence-corrected chi connectivity index (χ2v) is 4.49. The van der Waals surface area contributed by atoms with Gasteiger partial charge in [0, 0.05) is 30.8 Å². The average Bonchev–Trinajstić information content (AvgIpc) is 2.46. The van der Waals surface area contributed by atoms with Gasteiger partial charge in [0.25, 0.3) is 17.4 Å². The third-order valence-corrected chi connectivity index (χ3v) is 3.16. The van der Waals surface area contributed by atoms with Gasteiger partial charge >= 0.3 is 0 Å². The highest BCUT2D eigenvalue weighted by atomic mass is 16.6. The molecule has 1 amide bonds. The van der Waals surface area contributed by atoms with Crippen molar-refractivity contribution < 1.29 is 14.5 Å². The number of nitro benzene ring substituents is 1. The van der Waals surface area contributed by atoms with Crippen LogP contribution in [0.5, 0.6) is 0 Å². The Balaban J connectivity index is 2.16. The van der Waals surface area contributed by atoms with Crippen LogP contribution in [0.3, 0.4) is 0 Å². The Morgan fingerprint density at radius 2 is 1.84 bits per heavy atom. The molecule has 0 spiro atoms. The summed E-state index contributed by atoms with van der Waals surface area (Å²) >= 11 is 0. The molecule has 1 aliphatic rings. The number of non-ortho nitro benzene ring substituents is 1. The highest BCUT2D eigenvalue weighted by Gasteiger charge is 2.25. The minimum atomic E-state index is -0.675. The number of rotatable bonds is 3. The molecule has 1 aromatic rings. The van der Waals surface area contributed by atoms with E-state index < -0.39 is 16.6 Å². The highest BCUT2D eigenvalue weighted by Crippen LogP contribution is 2.16. The second-order valence-electron chi connectivity index (χ2n) is 4.49. The van der Waals surface area contributed by atoms with Crippen molar-refractivity contribution in [1.29, 1.82) is 0 Å². The molecular weight excluding hydrogens is 248 g/mol. The lowest BCUT2D eigenvalue weighted by Gasteiger charge is -2.25. The molecule has 1 aromatic carbocycles. The highest BCUT2D eigenvalue weighted by molar-refractivity contribution is 6.42. The van der Waals surface area contributed by atoms with Gasteiger partial charge < -0.3 is 4.90 Å². The number of hydrogen-bond acceptors (Lipinski definition) is 4. The number of hydrogen-bond donors (Lipinski definition) is 0. The van der Waals surface area contributed by atoms with Gasteiger partial charge in [0.1, 0.15) is 0 Å². The molecule has 1 saturated heterocycles. The summed E-state index contributed by atoms with van der Waals surface area (Å²) < 4.78 is 0. The third-order valence-electron chi connectivity index (χ3n) is 3.16. The molecule has 1 heterocycles. The molecule has 0 radical (unpaired) electrons. The predicted octanol–water partition coefficient (Wildman–Crippen LogP) is 1.79. The number of amides is 1. The zero-order chi connectivity index (χ0) is 13.8. The van der Waals surface area contributed by atoms with Crippen molar-refractivity contribution in [2.75, 3.05) is 13.1 Å². The van der Waals surface area contributed by atoms with Crippen LogP contribution in [0, 0.1) is 10.1 Å². The summed E-state index contributed by atoms with van der Waals surface area (Å²) in [6.45, 7) is 1.17. The smallest absolute Gasteiger partial charge is 0.294 e. The first-order valence-electron chi connectivity index (χ1n) is 6.17. The quantitative estimate of drug-likeness (QED) is 0.360. The number of ketones is 1. The number of piperidine rings is 1. The standard InChI is InChI=1S/C13H14N2O4/c16-12(13(17)14-7-2-1-3-8-14)10-5-4-6-11(9-10)15(18)19/h4-6,9H,1-3,7-8H2. The maximum atomic E-state index is 12.0. The van der Waals surface area contributed by atoms with Crippen LogP contribution in [0.1, 0.15) is 29.6 Å². The van der Waals surface area contributed by atoms with Gasteiger partial charge in [-0.15, -0.1) is 0 Å². The lowest BCUT2D eigenvalue weighted by atomic mass is 10.1. The van der Waals surface area contributed by atoms with Crippen molar-refractivity contribution in [2.45, 2.75) is 19.3 Å². The van der Waals surface area contributed by atoms with Crippen molar-refractivity contribution >= 4 is 17.4 Å². The first kappa shape index (κ1) is 13.2. The Labute approximate surface area is 110 Å². The SMILES string of the molecule is O=C(C(=O)N1CCCCC1)c1cccc([N+](=O)[O-])c1. The molecule has 1 aliphatic heterocycles. The number of nitrogens with zero attached hydrogens (tertiary/aromatic N) is 2. The minimum Gasteiger partial charge on any atom is -0.336 e. The molecule has 2 rings (SSSR count). The minimum absolute atomic E-state index is 0.0739. The monoisotopic (exact) mass is 262 g/mol.